The lowest BCUT2D eigenvalue weighted by Gasteiger charge is -2.25. The summed E-state index contributed by atoms with van der Waals surface area (Å²) in [5.74, 6) is 0. The first-order chi connectivity index (χ1) is 11.9. The summed E-state index contributed by atoms with van der Waals surface area (Å²) in [6.07, 6.45) is 2.90. The molecular weight excluding hydrogens is 402 g/mol. The van der Waals surface area contributed by atoms with Crippen molar-refractivity contribution in [1.82, 2.24) is 4.90 Å². The first kappa shape index (κ1) is 20.2. The summed E-state index contributed by atoms with van der Waals surface area (Å²) in [6.45, 7) is 0.791. The molecular formula is C18H18Cl4N2O. The monoisotopic (exact) mass is 418 g/mol. The van der Waals surface area contributed by atoms with Crippen LogP contribution in [0.4, 0.5) is 0 Å². The van der Waals surface area contributed by atoms with Crippen LogP contribution in [0.3, 0.4) is 0 Å². The highest BCUT2D eigenvalue weighted by atomic mass is 35.5. The predicted molar refractivity (Wildman–Crippen MR) is 106 cm³/mol. The van der Waals surface area contributed by atoms with Gasteiger partial charge in [0.05, 0.1) is 6.61 Å². The Morgan fingerprint density at radius 2 is 1.76 bits per heavy atom. The second-order valence-corrected chi connectivity index (χ2v) is 7.10. The quantitative estimate of drug-likeness (QED) is 0.605. The molecule has 2 N–H and O–H groups in total. The SMILES string of the molecule is CN(/C=C\N)C[C@H](OCc1c(Cl)cccc1Cl)c1ccc(Cl)cc1Cl. The second-order valence-electron chi connectivity index (χ2n) is 5.45. The van der Waals surface area contributed by atoms with Crippen LogP contribution in [0.5, 0.6) is 0 Å². The van der Waals surface area contributed by atoms with Crippen molar-refractivity contribution in [1.29, 1.82) is 0 Å². The molecule has 0 amide bonds. The van der Waals surface area contributed by atoms with Gasteiger partial charge in [-0.25, -0.2) is 0 Å². The summed E-state index contributed by atoms with van der Waals surface area (Å²) in [6, 6.07) is 10.7. The van der Waals surface area contributed by atoms with Gasteiger partial charge in [0.15, 0.2) is 0 Å². The molecule has 2 aromatic rings. The molecule has 0 saturated heterocycles. The molecule has 0 saturated carbocycles. The first-order valence-corrected chi connectivity index (χ1v) is 9.01. The van der Waals surface area contributed by atoms with Crippen LogP contribution in [0.1, 0.15) is 17.2 Å². The maximum Gasteiger partial charge on any atom is 0.102 e. The second kappa shape index (κ2) is 9.56. The van der Waals surface area contributed by atoms with Gasteiger partial charge in [0.2, 0.25) is 0 Å². The molecule has 0 aliphatic heterocycles. The molecule has 0 heterocycles. The van der Waals surface area contributed by atoms with Crippen molar-refractivity contribution in [2.75, 3.05) is 13.6 Å². The number of hydrogen-bond donors (Lipinski definition) is 1. The van der Waals surface area contributed by atoms with Gasteiger partial charge < -0.3 is 15.4 Å². The summed E-state index contributed by atoms with van der Waals surface area (Å²) in [5, 5.41) is 2.22. The van der Waals surface area contributed by atoms with E-state index in [9.17, 15) is 0 Å². The highest BCUT2D eigenvalue weighted by molar-refractivity contribution is 6.36. The molecule has 0 aliphatic rings. The van der Waals surface area contributed by atoms with Crippen molar-refractivity contribution < 1.29 is 4.74 Å². The lowest BCUT2D eigenvalue weighted by atomic mass is 10.1. The third-order valence-electron chi connectivity index (χ3n) is 3.59. The van der Waals surface area contributed by atoms with E-state index in [1.54, 1.807) is 36.5 Å². The zero-order chi connectivity index (χ0) is 18.4. The number of halogens is 4. The average molecular weight is 420 g/mol. The first-order valence-electron chi connectivity index (χ1n) is 7.50. The highest BCUT2D eigenvalue weighted by Crippen LogP contribution is 2.32. The summed E-state index contributed by atoms with van der Waals surface area (Å²) in [5.41, 5.74) is 7.02. The normalized spacial score (nSPS) is 12.5. The van der Waals surface area contributed by atoms with Crippen LogP contribution in [0.25, 0.3) is 0 Å². The molecule has 0 bridgehead atoms. The third kappa shape index (κ3) is 5.70. The van der Waals surface area contributed by atoms with Gasteiger partial charge in [-0.15, -0.1) is 0 Å². The van der Waals surface area contributed by atoms with E-state index in [4.69, 9.17) is 56.9 Å². The van der Waals surface area contributed by atoms with Gasteiger partial charge in [-0.2, -0.15) is 0 Å². The van der Waals surface area contributed by atoms with Gasteiger partial charge in [-0.05, 0) is 24.3 Å². The zero-order valence-corrected chi connectivity index (χ0v) is 16.6. The molecule has 0 aromatic heterocycles. The van der Waals surface area contributed by atoms with E-state index in [2.05, 4.69) is 0 Å². The molecule has 0 unspecified atom stereocenters. The molecule has 0 radical (unpaired) electrons. The minimum Gasteiger partial charge on any atom is -0.403 e. The minimum absolute atomic E-state index is 0.252. The standard InChI is InChI=1S/C18H18Cl4N2O/c1-24(8-7-23)10-18(13-6-5-12(19)9-17(13)22)25-11-14-15(20)3-2-4-16(14)21/h2-9,18H,10-11,23H2,1H3/b8-7-/t18-/m0/s1. The fourth-order valence-electron chi connectivity index (χ4n) is 2.33. The van der Waals surface area contributed by atoms with Crippen LogP contribution in [0, 0.1) is 0 Å². The number of nitrogens with two attached hydrogens (primary N) is 1. The van der Waals surface area contributed by atoms with E-state index in [-0.39, 0.29) is 12.7 Å². The van der Waals surface area contributed by atoms with E-state index in [1.165, 1.54) is 6.20 Å². The van der Waals surface area contributed by atoms with Crippen LogP contribution >= 0.6 is 46.4 Å². The molecule has 7 heteroatoms. The lowest BCUT2D eigenvalue weighted by molar-refractivity contribution is 0.0261. The smallest absolute Gasteiger partial charge is 0.102 e. The van der Waals surface area contributed by atoms with Gasteiger partial charge in [-0.1, -0.05) is 58.5 Å². The molecule has 25 heavy (non-hydrogen) atoms. The Labute approximate surface area is 167 Å². The number of hydrogen-bond acceptors (Lipinski definition) is 3. The van der Waals surface area contributed by atoms with Gasteiger partial charge in [-0.3, -0.25) is 0 Å². The van der Waals surface area contributed by atoms with E-state index in [1.807, 2.05) is 18.0 Å². The third-order valence-corrected chi connectivity index (χ3v) is 4.86. The molecule has 2 rings (SSSR count). The number of nitrogens with zero attached hydrogens (tertiary/aromatic N) is 1. The van der Waals surface area contributed by atoms with Crippen molar-refractivity contribution in [3.63, 3.8) is 0 Å². The van der Waals surface area contributed by atoms with Crippen molar-refractivity contribution in [3.05, 3.63) is 80.0 Å². The topological polar surface area (TPSA) is 38.5 Å². The zero-order valence-electron chi connectivity index (χ0n) is 13.6. The van der Waals surface area contributed by atoms with Crippen LogP contribution in [-0.4, -0.2) is 18.5 Å². The number of benzene rings is 2. The fourth-order valence-corrected chi connectivity index (χ4v) is 3.36. The van der Waals surface area contributed by atoms with Gasteiger partial charge >= 0.3 is 0 Å². The molecule has 3 nitrogen and oxygen atoms in total. The largest absolute Gasteiger partial charge is 0.403 e. The predicted octanol–water partition coefficient (Wildman–Crippen LogP) is 5.92. The van der Waals surface area contributed by atoms with Crippen LogP contribution in [-0.2, 0) is 11.3 Å². The van der Waals surface area contributed by atoms with E-state index in [0.717, 1.165) is 11.1 Å². The average Bonchev–Trinajstić information content (AvgIpc) is 2.53. The van der Waals surface area contributed by atoms with E-state index >= 15 is 0 Å². The molecule has 2 aromatic carbocycles. The Hall–Kier alpha value is -1.10. The van der Waals surface area contributed by atoms with Crippen molar-refractivity contribution in [2.24, 2.45) is 5.73 Å². The van der Waals surface area contributed by atoms with Crippen molar-refractivity contribution in [3.8, 4) is 0 Å². The lowest BCUT2D eigenvalue weighted by Crippen LogP contribution is -2.22. The molecule has 0 spiro atoms. The van der Waals surface area contributed by atoms with Crippen LogP contribution < -0.4 is 5.73 Å². The van der Waals surface area contributed by atoms with Crippen molar-refractivity contribution >= 4 is 46.4 Å². The Bertz CT molecular complexity index is 732. The van der Waals surface area contributed by atoms with Gasteiger partial charge in [0.1, 0.15) is 6.10 Å². The molecule has 0 aliphatic carbocycles. The Balaban J connectivity index is 2.25. The maximum absolute atomic E-state index is 6.35. The minimum atomic E-state index is -0.321. The summed E-state index contributed by atoms with van der Waals surface area (Å²) in [7, 11) is 1.89. The molecule has 134 valence electrons. The summed E-state index contributed by atoms with van der Waals surface area (Å²) >= 11 is 24.8. The Kier molecular flexibility index (Phi) is 7.73. The Morgan fingerprint density at radius 3 is 2.36 bits per heavy atom. The number of rotatable bonds is 7. The Morgan fingerprint density at radius 1 is 1.08 bits per heavy atom. The fraction of sp³-hybridized carbons (Fsp3) is 0.222. The number of likely N-dealkylation sites (N-methyl/N-ethyl adjacent to an activating group) is 1. The molecule has 1 atom stereocenters. The highest BCUT2D eigenvalue weighted by Gasteiger charge is 2.19. The summed E-state index contributed by atoms with van der Waals surface area (Å²) < 4.78 is 6.10. The van der Waals surface area contributed by atoms with Crippen LogP contribution in [0.15, 0.2) is 48.8 Å². The summed E-state index contributed by atoms with van der Waals surface area (Å²) in [4.78, 5) is 1.91. The van der Waals surface area contributed by atoms with Gasteiger partial charge in [0, 0.05) is 57.2 Å². The number of ether oxygens (including phenoxy) is 1. The van der Waals surface area contributed by atoms with Gasteiger partial charge in [0.25, 0.3) is 0 Å². The van der Waals surface area contributed by atoms with E-state index in [0.29, 0.717) is 26.6 Å². The maximum atomic E-state index is 6.35. The van der Waals surface area contributed by atoms with Crippen molar-refractivity contribution in [2.45, 2.75) is 12.7 Å². The molecule has 0 fully saturated rings. The van der Waals surface area contributed by atoms with Crippen LogP contribution in [0.2, 0.25) is 20.1 Å². The van der Waals surface area contributed by atoms with E-state index < -0.39 is 0 Å².